The summed E-state index contributed by atoms with van der Waals surface area (Å²) in [5.74, 6) is -0.693. The summed E-state index contributed by atoms with van der Waals surface area (Å²) in [4.78, 5) is 0. The molecule has 2 nitrogen and oxygen atoms in total. The third kappa shape index (κ3) is 3.59. The minimum Gasteiger partial charge on any atom is -0.346 e. The minimum atomic E-state index is -0.693. The molecule has 1 aromatic rings. The van der Waals surface area contributed by atoms with Crippen LogP contribution in [-0.2, 0) is 20.6 Å². The highest BCUT2D eigenvalue weighted by Crippen LogP contribution is 2.43. The van der Waals surface area contributed by atoms with Crippen LogP contribution in [0.25, 0.3) is 0 Å². The molecule has 108 valence electrons. The summed E-state index contributed by atoms with van der Waals surface area (Å²) < 4.78 is 12.1. The highest BCUT2D eigenvalue weighted by Gasteiger charge is 2.45. The van der Waals surface area contributed by atoms with Crippen LogP contribution in [0.4, 0.5) is 0 Å². The lowest BCUT2D eigenvalue weighted by molar-refractivity contribution is -0.296. The lowest BCUT2D eigenvalue weighted by atomic mass is 9.80. The van der Waals surface area contributed by atoms with Gasteiger partial charge in [0.15, 0.2) is 5.79 Å². The molecule has 0 fully saturated rings. The van der Waals surface area contributed by atoms with Crippen molar-refractivity contribution in [3.05, 3.63) is 35.4 Å². The molecule has 0 saturated carbocycles. The van der Waals surface area contributed by atoms with Crippen molar-refractivity contribution >= 4 is 15.9 Å². The van der Waals surface area contributed by atoms with Crippen molar-refractivity contribution in [2.24, 2.45) is 5.41 Å². The van der Waals surface area contributed by atoms with E-state index >= 15 is 0 Å². The van der Waals surface area contributed by atoms with Crippen LogP contribution in [0.15, 0.2) is 24.3 Å². The molecular weight excluding hydrogens is 304 g/mol. The number of hydrogen-bond acceptors (Lipinski definition) is 2. The summed E-state index contributed by atoms with van der Waals surface area (Å²) >= 11 is 3.47. The van der Waals surface area contributed by atoms with E-state index in [2.05, 4.69) is 61.0 Å². The van der Waals surface area contributed by atoms with Crippen LogP contribution in [0, 0.1) is 5.41 Å². The quantitative estimate of drug-likeness (QED) is 0.548. The van der Waals surface area contributed by atoms with Crippen molar-refractivity contribution in [2.45, 2.75) is 45.7 Å². The van der Waals surface area contributed by atoms with Crippen LogP contribution in [0.1, 0.15) is 45.7 Å². The predicted octanol–water partition coefficient (Wildman–Crippen LogP) is 4.85. The fraction of sp³-hybridized carbons (Fsp3) is 0.625. The Hall–Kier alpha value is -0.380. The first kappa shape index (κ1) is 16.7. The van der Waals surface area contributed by atoms with Gasteiger partial charge in [-0.3, -0.25) is 0 Å². The SMILES string of the molecule is CCOC(OCC)(c1ccc(CBr)cc1)C(C)(C)C. The standard InChI is InChI=1S/C16H25BrO2/c1-6-18-16(19-7-2,15(3,4)5)14-10-8-13(12-17)9-11-14/h8-11H,6-7,12H2,1-5H3. The van der Waals surface area contributed by atoms with Crippen molar-refractivity contribution in [2.75, 3.05) is 13.2 Å². The molecule has 0 N–H and O–H groups in total. The molecule has 0 aliphatic carbocycles. The van der Waals surface area contributed by atoms with E-state index in [0.29, 0.717) is 13.2 Å². The maximum Gasteiger partial charge on any atom is 0.199 e. The summed E-state index contributed by atoms with van der Waals surface area (Å²) in [7, 11) is 0. The van der Waals surface area contributed by atoms with E-state index in [1.165, 1.54) is 5.56 Å². The van der Waals surface area contributed by atoms with Crippen LogP contribution in [0.5, 0.6) is 0 Å². The average molecular weight is 329 g/mol. The number of alkyl halides is 1. The molecule has 0 amide bonds. The maximum absolute atomic E-state index is 6.06. The van der Waals surface area contributed by atoms with E-state index in [4.69, 9.17) is 9.47 Å². The number of rotatable bonds is 6. The van der Waals surface area contributed by atoms with Crippen molar-refractivity contribution < 1.29 is 9.47 Å². The fourth-order valence-corrected chi connectivity index (χ4v) is 2.67. The highest BCUT2D eigenvalue weighted by molar-refractivity contribution is 9.08. The molecule has 3 heteroatoms. The third-order valence-corrected chi connectivity index (χ3v) is 3.82. The van der Waals surface area contributed by atoms with Crippen molar-refractivity contribution in [3.8, 4) is 0 Å². The fourth-order valence-electron chi connectivity index (χ4n) is 2.29. The van der Waals surface area contributed by atoms with Gasteiger partial charge in [-0.25, -0.2) is 0 Å². The molecular formula is C16H25BrO2. The molecule has 0 radical (unpaired) electrons. The average Bonchev–Trinajstić information content (AvgIpc) is 2.37. The van der Waals surface area contributed by atoms with Gasteiger partial charge in [-0.1, -0.05) is 61.0 Å². The molecule has 0 aliphatic rings. The Labute approximate surface area is 125 Å². The second-order valence-electron chi connectivity index (χ2n) is 5.56. The van der Waals surface area contributed by atoms with Gasteiger partial charge in [0.05, 0.1) is 0 Å². The zero-order chi connectivity index (χ0) is 14.5. The van der Waals surface area contributed by atoms with E-state index in [1.54, 1.807) is 0 Å². The van der Waals surface area contributed by atoms with E-state index in [0.717, 1.165) is 10.9 Å². The van der Waals surface area contributed by atoms with Crippen molar-refractivity contribution in [1.82, 2.24) is 0 Å². The number of benzene rings is 1. The zero-order valence-corrected chi connectivity index (χ0v) is 14.2. The van der Waals surface area contributed by atoms with Gasteiger partial charge in [0, 0.05) is 29.5 Å². The van der Waals surface area contributed by atoms with E-state index in [-0.39, 0.29) is 5.41 Å². The second-order valence-corrected chi connectivity index (χ2v) is 6.12. The first-order chi connectivity index (χ1) is 8.91. The Morgan fingerprint density at radius 3 is 1.74 bits per heavy atom. The molecule has 19 heavy (non-hydrogen) atoms. The van der Waals surface area contributed by atoms with Crippen molar-refractivity contribution in [1.29, 1.82) is 0 Å². The molecule has 0 aromatic heterocycles. The molecule has 1 aromatic carbocycles. The first-order valence-electron chi connectivity index (χ1n) is 6.84. The number of halogens is 1. The van der Waals surface area contributed by atoms with Crippen molar-refractivity contribution in [3.63, 3.8) is 0 Å². The van der Waals surface area contributed by atoms with E-state index in [1.807, 2.05) is 13.8 Å². The van der Waals surface area contributed by atoms with Crippen LogP contribution >= 0.6 is 15.9 Å². The smallest absolute Gasteiger partial charge is 0.199 e. The molecule has 0 spiro atoms. The Morgan fingerprint density at radius 2 is 1.42 bits per heavy atom. The Kier molecular flexibility index (Phi) is 6.03. The topological polar surface area (TPSA) is 18.5 Å². The van der Waals surface area contributed by atoms with E-state index < -0.39 is 5.79 Å². The highest BCUT2D eigenvalue weighted by atomic mass is 79.9. The van der Waals surface area contributed by atoms with Gasteiger partial charge < -0.3 is 9.47 Å². The summed E-state index contributed by atoms with van der Waals surface area (Å²) in [5, 5.41) is 0.860. The Bertz CT molecular complexity index is 373. The molecule has 0 saturated heterocycles. The van der Waals surface area contributed by atoms with Crippen LogP contribution in [0.3, 0.4) is 0 Å². The number of hydrogen-bond donors (Lipinski definition) is 0. The molecule has 0 aliphatic heterocycles. The molecule has 0 atom stereocenters. The summed E-state index contributed by atoms with van der Waals surface area (Å²) in [6.45, 7) is 11.7. The third-order valence-electron chi connectivity index (χ3n) is 3.17. The minimum absolute atomic E-state index is 0.144. The van der Waals surface area contributed by atoms with E-state index in [9.17, 15) is 0 Å². The summed E-state index contributed by atoms with van der Waals surface area (Å²) in [6, 6.07) is 8.44. The monoisotopic (exact) mass is 328 g/mol. The maximum atomic E-state index is 6.06. The normalized spacial score (nSPS) is 12.7. The predicted molar refractivity (Wildman–Crippen MR) is 83.5 cm³/mol. The van der Waals surface area contributed by atoms with Crippen LogP contribution in [-0.4, -0.2) is 13.2 Å². The lowest BCUT2D eigenvalue weighted by Gasteiger charge is -2.44. The molecule has 0 heterocycles. The van der Waals surface area contributed by atoms with Gasteiger partial charge in [-0.05, 0) is 19.4 Å². The van der Waals surface area contributed by atoms with Gasteiger partial charge >= 0.3 is 0 Å². The molecule has 0 unspecified atom stereocenters. The first-order valence-corrected chi connectivity index (χ1v) is 7.96. The van der Waals surface area contributed by atoms with Gasteiger partial charge in [-0.2, -0.15) is 0 Å². The summed E-state index contributed by atoms with van der Waals surface area (Å²) in [6.07, 6.45) is 0. The second kappa shape index (κ2) is 6.87. The van der Waals surface area contributed by atoms with Gasteiger partial charge in [0.25, 0.3) is 0 Å². The summed E-state index contributed by atoms with van der Waals surface area (Å²) in [5.41, 5.74) is 2.18. The zero-order valence-electron chi connectivity index (χ0n) is 12.6. The van der Waals surface area contributed by atoms with Crippen LogP contribution in [0.2, 0.25) is 0 Å². The Morgan fingerprint density at radius 1 is 0.947 bits per heavy atom. The molecule has 1 rings (SSSR count). The Balaban J connectivity index is 3.26. The molecule has 0 bridgehead atoms. The number of ether oxygens (including phenoxy) is 2. The lowest BCUT2D eigenvalue weighted by Crippen LogP contribution is -2.45. The van der Waals surface area contributed by atoms with Gasteiger partial charge in [0.2, 0.25) is 0 Å². The van der Waals surface area contributed by atoms with Gasteiger partial charge in [-0.15, -0.1) is 0 Å². The van der Waals surface area contributed by atoms with Gasteiger partial charge in [0.1, 0.15) is 0 Å². The van der Waals surface area contributed by atoms with Crippen LogP contribution < -0.4 is 0 Å². The largest absolute Gasteiger partial charge is 0.346 e.